The third kappa shape index (κ3) is 3.78. The Kier molecular flexibility index (Phi) is 5.54. The van der Waals surface area contributed by atoms with Gasteiger partial charge in [0.1, 0.15) is 29.4 Å². The van der Waals surface area contributed by atoms with Gasteiger partial charge in [-0.1, -0.05) is 30.3 Å². The molecule has 3 N–H and O–H groups in total. The van der Waals surface area contributed by atoms with Gasteiger partial charge in [-0.25, -0.2) is 9.97 Å². The molecule has 0 aliphatic heterocycles. The molecule has 9 nitrogen and oxygen atoms in total. The highest BCUT2D eigenvalue weighted by atomic mass is 16.2. The second-order valence-electron chi connectivity index (χ2n) is 5.85. The smallest absolute Gasteiger partial charge is 0.271 e. The van der Waals surface area contributed by atoms with E-state index in [-0.39, 0.29) is 11.5 Å². The van der Waals surface area contributed by atoms with Crippen LogP contribution in [0, 0.1) is 11.3 Å². The number of hydrogen-bond acceptors (Lipinski definition) is 6. The van der Waals surface area contributed by atoms with Gasteiger partial charge in [-0.2, -0.15) is 0 Å². The summed E-state index contributed by atoms with van der Waals surface area (Å²) in [5, 5.41) is 12.4. The van der Waals surface area contributed by atoms with Gasteiger partial charge in [0.05, 0.1) is 5.69 Å². The number of aliphatic imine (C=N–C) groups is 1. The molecule has 0 saturated carbocycles. The zero-order chi connectivity index (χ0) is 20.1. The van der Waals surface area contributed by atoms with E-state index in [9.17, 15) is 9.59 Å². The maximum atomic E-state index is 12.5. The van der Waals surface area contributed by atoms with E-state index in [0.29, 0.717) is 5.65 Å². The van der Waals surface area contributed by atoms with Gasteiger partial charge in [-0.15, -0.1) is 0 Å². The first-order valence-corrected chi connectivity index (χ1v) is 8.47. The summed E-state index contributed by atoms with van der Waals surface area (Å²) in [6, 6.07) is 11.3. The Labute approximate surface area is 161 Å². The van der Waals surface area contributed by atoms with E-state index >= 15 is 0 Å². The van der Waals surface area contributed by atoms with Crippen molar-refractivity contribution in [2.45, 2.75) is 0 Å². The summed E-state index contributed by atoms with van der Waals surface area (Å²) in [6.07, 6.45) is 4.26. The fraction of sp³-hybridized carbons (Fsp3) is 0.158. The number of carbonyl (C=O) groups excluding carboxylic acids is 2. The second-order valence-corrected chi connectivity index (χ2v) is 5.85. The van der Waals surface area contributed by atoms with Gasteiger partial charge in [0, 0.05) is 38.1 Å². The lowest BCUT2D eigenvalue weighted by Crippen LogP contribution is -2.40. The molecule has 9 heteroatoms. The number of hydrogen-bond donors (Lipinski definition) is 3. The van der Waals surface area contributed by atoms with E-state index in [2.05, 4.69) is 25.6 Å². The number of carbonyl (C=O) groups is 2. The summed E-state index contributed by atoms with van der Waals surface area (Å²) in [7, 11) is 2.83. The molecule has 0 fully saturated rings. The standard InChI is InChI=1S/C19H19N7O2/c1-21-17(13(9-20)18(27)22-2)19(28)25-15-8-16-24-14(10-26(16)11-23-15)12-6-4-3-5-7-12/h3-11,13,20H,1-2H3,(H,22,27)(H,25,28). The Morgan fingerprint density at radius 2 is 2.04 bits per heavy atom. The first kappa shape index (κ1) is 18.9. The number of aromatic nitrogens is 3. The lowest BCUT2D eigenvalue weighted by Gasteiger charge is -2.12. The van der Waals surface area contributed by atoms with E-state index in [0.717, 1.165) is 17.5 Å². The maximum Gasteiger partial charge on any atom is 0.271 e. The Morgan fingerprint density at radius 1 is 1.29 bits per heavy atom. The van der Waals surface area contributed by atoms with Crippen LogP contribution < -0.4 is 10.6 Å². The molecule has 0 radical (unpaired) electrons. The average molecular weight is 377 g/mol. The van der Waals surface area contributed by atoms with Crippen LogP contribution in [-0.2, 0) is 9.59 Å². The minimum atomic E-state index is -1.07. The first-order valence-electron chi connectivity index (χ1n) is 8.47. The molecular weight excluding hydrogens is 358 g/mol. The normalized spacial score (nSPS) is 12.4. The number of benzene rings is 1. The van der Waals surface area contributed by atoms with Crippen LogP contribution >= 0.6 is 0 Å². The average Bonchev–Trinajstić information content (AvgIpc) is 3.15. The molecule has 142 valence electrons. The van der Waals surface area contributed by atoms with Gasteiger partial charge in [-0.3, -0.25) is 19.0 Å². The molecule has 1 aromatic carbocycles. The van der Waals surface area contributed by atoms with Crippen molar-refractivity contribution < 1.29 is 9.59 Å². The van der Waals surface area contributed by atoms with Crippen molar-refractivity contribution in [1.82, 2.24) is 19.7 Å². The lowest BCUT2D eigenvalue weighted by molar-refractivity contribution is -0.121. The summed E-state index contributed by atoms with van der Waals surface area (Å²) in [6.45, 7) is 0. The Morgan fingerprint density at radius 3 is 2.68 bits per heavy atom. The van der Waals surface area contributed by atoms with Crippen molar-refractivity contribution in [3.63, 3.8) is 0 Å². The zero-order valence-corrected chi connectivity index (χ0v) is 15.4. The van der Waals surface area contributed by atoms with E-state index in [1.54, 1.807) is 16.8 Å². The predicted molar refractivity (Wildman–Crippen MR) is 107 cm³/mol. The van der Waals surface area contributed by atoms with Crippen LogP contribution in [0.3, 0.4) is 0 Å². The van der Waals surface area contributed by atoms with E-state index < -0.39 is 17.7 Å². The SMILES string of the molecule is CN=C(C(=O)Nc1cc2nc(-c3ccccc3)cn2cn1)C(C=N)C(=O)NC. The number of imidazole rings is 1. The molecule has 0 saturated heterocycles. The van der Waals surface area contributed by atoms with Crippen molar-refractivity contribution >= 4 is 35.2 Å². The third-order valence-corrected chi connectivity index (χ3v) is 4.12. The fourth-order valence-corrected chi connectivity index (χ4v) is 2.70. The molecular formula is C19H19N7O2. The van der Waals surface area contributed by atoms with Gasteiger partial charge in [0.2, 0.25) is 5.91 Å². The largest absolute Gasteiger partial charge is 0.358 e. The molecule has 3 rings (SSSR count). The Hall–Kier alpha value is -3.88. The molecule has 28 heavy (non-hydrogen) atoms. The third-order valence-electron chi connectivity index (χ3n) is 4.12. The number of amides is 2. The van der Waals surface area contributed by atoms with Crippen molar-refractivity contribution in [2.24, 2.45) is 10.9 Å². The van der Waals surface area contributed by atoms with Crippen LogP contribution in [0.2, 0.25) is 0 Å². The number of nitrogens with zero attached hydrogens (tertiary/aromatic N) is 4. The molecule has 0 aliphatic carbocycles. The van der Waals surface area contributed by atoms with Crippen LogP contribution in [0.15, 0.2) is 53.9 Å². The van der Waals surface area contributed by atoms with E-state index in [4.69, 9.17) is 5.41 Å². The topological polar surface area (TPSA) is 125 Å². The monoisotopic (exact) mass is 377 g/mol. The van der Waals surface area contributed by atoms with Crippen LogP contribution in [-0.4, -0.2) is 52.2 Å². The molecule has 2 aromatic heterocycles. The quantitative estimate of drug-likeness (QED) is 0.562. The number of fused-ring (bicyclic) bond motifs is 1. The first-order chi connectivity index (χ1) is 13.6. The maximum absolute atomic E-state index is 12.5. The number of rotatable bonds is 6. The van der Waals surface area contributed by atoms with Gasteiger partial charge >= 0.3 is 0 Å². The molecule has 1 unspecified atom stereocenters. The minimum Gasteiger partial charge on any atom is -0.358 e. The fourth-order valence-electron chi connectivity index (χ4n) is 2.70. The number of nitrogens with one attached hydrogen (secondary N) is 3. The Bertz CT molecular complexity index is 1060. The van der Waals surface area contributed by atoms with Gasteiger partial charge in [0.15, 0.2) is 0 Å². The van der Waals surface area contributed by atoms with Crippen molar-refractivity contribution in [1.29, 1.82) is 5.41 Å². The molecule has 2 heterocycles. The highest BCUT2D eigenvalue weighted by Gasteiger charge is 2.27. The zero-order valence-electron chi connectivity index (χ0n) is 15.4. The number of anilines is 1. The second kappa shape index (κ2) is 8.21. The predicted octanol–water partition coefficient (Wildman–Crippen LogP) is 1.42. The van der Waals surface area contributed by atoms with Crippen LogP contribution in [0.5, 0.6) is 0 Å². The molecule has 2 amide bonds. The van der Waals surface area contributed by atoms with E-state index in [1.807, 2.05) is 36.5 Å². The lowest BCUT2D eigenvalue weighted by atomic mass is 10.0. The summed E-state index contributed by atoms with van der Waals surface area (Å²) < 4.78 is 1.75. The molecule has 0 spiro atoms. The molecule has 1 atom stereocenters. The summed E-state index contributed by atoms with van der Waals surface area (Å²) in [5.41, 5.74) is 2.28. The summed E-state index contributed by atoms with van der Waals surface area (Å²) in [4.78, 5) is 37.0. The van der Waals surface area contributed by atoms with Crippen molar-refractivity contribution in [2.75, 3.05) is 19.4 Å². The van der Waals surface area contributed by atoms with Crippen molar-refractivity contribution in [3.05, 3.63) is 48.9 Å². The summed E-state index contributed by atoms with van der Waals surface area (Å²) >= 11 is 0. The Balaban J connectivity index is 1.84. The summed E-state index contributed by atoms with van der Waals surface area (Å²) in [5.74, 6) is -1.90. The van der Waals surface area contributed by atoms with E-state index in [1.165, 1.54) is 14.1 Å². The van der Waals surface area contributed by atoms with Crippen LogP contribution in [0.4, 0.5) is 5.82 Å². The minimum absolute atomic E-state index is 0.0793. The van der Waals surface area contributed by atoms with Crippen molar-refractivity contribution in [3.8, 4) is 11.3 Å². The highest BCUT2D eigenvalue weighted by Crippen LogP contribution is 2.19. The van der Waals surface area contributed by atoms with Gasteiger partial charge in [0.25, 0.3) is 5.91 Å². The molecule has 0 aliphatic rings. The van der Waals surface area contributed by atoms with Crippen LogP contribution in [0.25, 0.3) is 16.9 Å². The highest BCUT2D eigenvalue weighted by molar-refractivity contribution is 6.49. The molecule has 3 aromatic rings. The van der Waals surface area contributed by atoms with Gasteiger partial charge in [-0.05, 0) is 0 Å². The molecule has 0 bridgehead atoms. The van der Waals surface area contributed by atoms with Gasteiger partial charge < -0.3 is 16.0 Å². The van der Waals surface area contributed by atoms with Crippen LogP contribution in [0.1, 0.15) is 0 Å².